The first-order valence-electron chi connectivity index (χ1n) is 9.38. The van der Waals surface area contributed by atoms with Gasteiger partial charge in [-0.1, -0.05) is 43.1 Å². The molecule has 2 amide bonds. The van der Waals surface area contributed by atoms with E-state index in [-0.39, 0.29) is 11.8 Å². The monoisotopic (exact) mass is 432 g/mol. The summed E-state index contributed by atoms with van der Waals surface area (Å²) >= 11 is 6.02. The Kier molecular flexibility index (Phi) is 8.24. The van der Waals surface area contributed by atoms with E-state index in [1.807, 2.05) is 13.0 Å². The average molecular weight is 433 g/mol. The molecule has 2 aromatic rings. The van der Waals surface area contributed by atoms with Gasteiger partial charge in [0.15, 0.2) is 6.61 Å². The normalized spacial score (nSPS) is 11.5. The molecule has 0 radical (unpaired) electrons. The molecule has 1 atom stereocenters. The van der Waals surface area contributed by atoms with E-state index in [1.54, 1.807) is 44.2 Å². The summed E-state index contributed by atoms with van der Waals surface area (Å²) in [6, 6.07) is 10.9. The molecule has 7 nitrogen and oxygen atoms in total. The average Bonchev–Trinajstić information content (AvgIpc) is 2.70. The standard InChI is InChI=1S/C22H25ClN2O5/c1-13(2)20(25-21(27)15-7-5-6-14(3)10-15)22(28)30-12-19(26)24-16-8-9-18(29-4)17(23)11-16/h5-11,13,20H,12H2,1-4H3,(H,24,26)(H,25,27)/t20-/m0/s1. The van der Waals surface area contributed by atoms with Gasteiger partial charge in [0, 0.05) is 11.3 Å². The number of halogens is 1. The van der Waals surface area contributed by atoms with Crippen LogP contribution >= 0.6 is 11.6 Å². The highest BCUT2D eigenvalue weighted by Gasteiger charge is 2.26. The smallest absolute Gasteiger partial charge is 0.329 e. The third kappa shape index (κ3) is 6.49. The van der Waals surface area contributed by atoms with Crippen molar-refractivity contribution in [3.63, 3.8) is 0 Å². The van der Waals surface area contributed by atoms with Gasteiger partial charge in [-0.05, 0) is 43.2 Å². The lowest BCUT2D eigenvalue weighted by Gasteiger charge is -2.21. The predicted molar refractivity (Wildman–Crippen MR) is 115 cm³/mol. The van der Waals surface area contributed by atoms with Crippen molar-refractivity contribution in [3.05, 3.63) is 58.6 Å². The topological polar surface area (TPSA) is 93.7 Å². The van der Waals surface area contributed by atoms with Crippen molar-refractivity contribution in [2.75, 3.05) is 19.0 Å². The van der Waals surface area contributed by atoms with Gasteiger partial charge in [0.05, 0.1) is 12.1 Å². The number of hydrogen-bond donors (Lipinski definition) is 2. The molecular formula is C22H25ClN2O5. The van der Waals surface area contributed by atoms with E-state index in [4.69, 9.17) is 21.1 Å². The summed E-state index contributed by atoms with van der Waals surface area (Å²) in [4.78, 5) is 37.0. The van der Waals surface area contributed by atoms with Crippen LogP contribution in [-0.2, 0) is 14.3 Å². The predicted octanol–water partition coefficient (Wildman–Crippen LogP) is 3.59. The maximum absolute atomic E-state index is 12.5. The van der Waals surface area contributed by atoms with Crippen LogP contribution in [0.15, 0.2) is 42.5 Å². The number of amides is 2. The SMILES string of the molecule is COc1ccc(NC(=O)COC(=O)[C@@H](NC(=O)c2cccc(C)c2)C(C)C)cc1Cl. The molecule has 0 aliphatic rings. The summed E-state index contributed by atoms with van der Waals surface area (Å²) in [7, 11) is 1.49. The van der Waals surface area contributed by atoms with E-state index in [9.17, 15) is 14.4 Å². The third-order valence-electron chi connectivity index (χ3n) is 4.27. The number of aryl methyl sites for hydroxylation is 1. The number of hydrogen-bond acceptors (Lipinski definition) is 5. The van der Waals surface area contributed by atoms with E-state index in [0.717, 1.165) is 5.56 Å². The number of esters is 1. The van der Waals surface area contributed by atoms with E-state index in [1.165, 1.54) is 13.2 Å². The number of anilines is 1. The lowest BCUT2D eigenvalue weighted by molar-refractivity contribution is -0.150. The van der Waals surface area contributed by atoms with E-state index in [2.05, 4.69) is 10.6 Å². The van der Waals surface area contributed by atoms with Crippen molar-refractivity contribution in [1.82, 2.24) is 5.32 Å². The third-order valence-corrected chi connectivity index (χ3v) is 4.56. The van der Waals surface area contributed by atoms with Crippen molar-refractivity contribution >= 4 is 35.1 Å². The fourth-order valence-corrected chi connectivity index (χ4v) is 2.93. The van der Waals surface area contributed by atoms with Crippen molar-refractivity contribution in [2.24, 2.45) is 5.92 Å². The zero-order chi connectivity index (χ0) is 22.3. The molecule has 0 fully saturated rings. The van der Waals surface area contributed by atoms with Gasteiger partial charge >= 0.3 is 5.97 Å². The largest absolute Gasteiger partial charge is 0.495 e. The Hall–Kier alpha value is -3.06. The molecule has 0 bridgehead atoms. The first-order valence-corrected chi connectivity index (χ1v) is 9.76. The molecule has 0 aliphatic heterocycles. The molecule has 160 valence electrons. The van der Waals surface area contributed by atoms with Gasteiger partial charge in [0.1, 0.15) is 11.8 Å². The fraction of sp³-hybridized carbons (Fsp3) is 0.318. The number of nitrogens with one attached hydrogen (secondary N) is 2. The molecule has 8 heteroatoms. The van der Waals surface area contributed by atoms with Crippen LogP contribution in [0.4, 0.5) is 5.69 Å². The molecule has 2 rings (SSSR count). The van der Waals surface area contributed by atoms with Gasteiger partial charge in [-0.15, -0.1) is 0 Å². The summed E-state index contributed by atoms with van der Waals surface area (Å²) in [5.41, 5.74) is 1.82. The Labute approximate surface area is 180 Å². The van der Waals surface area contributed by atoms with Crippen LogP contribution in [0.3, 0.4) is 0 Å². The van der Waals surface area contributed by atoms with Crippen LogP contribution in [0.1, 0.15) is 29.8 Å². The molecule has 0 spiro atoms. The minimum Gasteiger partial charge on any atom is -0.495 e. The fourth-order valence-electron chi connectivity index (χ4n) is 2.68. The Morgan fingerprint density at radius 1 is 1.10 bits per heavy atom. The molecule has 0 aromatic heterocycles. The van der Waals surface area contributed by atoms with Crippen LogP contribution in [0, 0.1) is 12.8 Å². The first-order chi connectivity index (χ1) is 14.2. The van der Waals surface area contributed by atoms with Crippen LogP contribution in [0.2, 0.25) is 5.02 Å². The van der Waals surface area contributed by atoms with E-state index in [0.29, 0.717) is 22.0 Å². The highest BCUT2D eigenvalue weighted by molar-refractivity contribution is 6.32. The van der Waals surface area contributed by atoms with E-state index >= 15 is 0 Å². The van der Waals surface area contributed by atoms with Crippen LogP contribution in [0.5, 0.6) is 5.75 Å². The Morgan fingerprint density at radius 2 is 1.83 bits per heavy atom. The van der Waals surface area contributed by atoms with Gasteiger partial charge in [-0.2, -0.15) is 0 Å². The Balaban J connectivity index is 1.93. The van der Waals surface area contributed by atoms with Crippen molar-refractivity contribution < 1.29 is 23.9 Å². The van der Waals surface area contributed by atoms with Gasteiger partial charge in [-0.25, -0.2) is 4.79 Å². The summed E-state index contributed by atoms with van der Waals surface area (Å²) in [5, 5.41) is 5.60. The lowest BCUT2D eigenvalue weighted by Crippen LogP contribution is -2.46. The molecule has 0 saturated carbocycles. The molecule has 30 heavy (non-hydrogen) atoms. The Bertz CT molecular complexity index is 929. The van der Waals surface area contributed by atoms with Crippen molar-refractivity contribution in [2.45, 2.75) is 26.8 Å². The zero-order valence-corrected chi connectivity index (χ0v) is 18.1. The van der Waals surface area contributed by atoms with Gasteiger partial charge in [-0.3, -0.25) is 9.59 Å². The minimum absolute atomic E-state index is 0.227. The lowest BCUT2D eigenvalue weighted by atomic mass is 10.0. The minimum atomic E-state index is -0.888. The highest BCUT2D eigenvalue weighted by atomic mass is 35.5. The van der Waals surface area contributed by atoms with Gasteiger partial charge < -0.3 is 20.1 Å². The number of benzene rings is 2. The van der Waals surface area contributed by atoms with Crippen LogP contribution in [0.25, 0.3) is 0 Å². The van der Waals surface area contributed by atoms with Gasteiger partial charge in [0.2, 0.25) is 0 Å². The molecule has 0 unspecified atom stereocenters. The summed E-state index contributed by atoms with van der Waals surface area (Å²) < 4.78 is 10.2. The molecule has 2 aromatic carbocycles. The second-order valence-electron chi connectivity index (χ2n) is 7.07. The highest BCUT2D eigenvalue weighted by Crippen LogP contribution is 2.27. The van der Waals surface area contributed by atoms with Gasteiger partial charge in [0.25, 0.3) is 11.8 Å². The quantitative estimate of drug-likeness (QED) is 0.621. The summed E-state index contributed by atoms with van der Waals surface area (Å²) in [5.74, 6) is -1.35. The summed E-state index contributed by atoms with van der Waals surface area (Å²) in [6.45, 7) is 4.94. The zero-order valence-electron chi connectivity index (χ0n) is 17.3. The molecule has 2 N–H and O–H groups in total. The maximum Gasteiger partial charge on any atom is 0.329 e. The molecule has 0 saturated heterocycles. The molecule has 0 heterocycles. The first kappa shape index (κ1) is 23.2. The van der Waals surface area contributed by atoms with Crippen LogP contribution in [-0.4, -0.2) is 37.5 Å². The summed E-state index contributed by atoms with van der Waals surface area (Å²) in [6.07, 6.45) is 0. The maximum atomic E-state index is 12.5. The number of methoxy groups -OCH3 is 1. The second kappa shape index (κ2) is 10.6. The Morgan fingerprint density at radius 3 is 2.43 bits per heavy atom. The number of carbonyl (C=O) groups is 3. The number of rotatable bonds is 8. The van der Waals surface area contributed by atoms with E-state index < -0.39 is 24.5 Å². The van der Waals surface area contributed by atoms with Crippen molar-refractivity contribution in [3.8, 4) is 5.75 Å². The molecular weight excluding hydrogens is 408 g/mol. The second-order valence-corrected chi connectivity index (χ2v) is 7.48. The number of carbonyl (C=O) groups excluding carboxylic acids is 3. The number of ether oxygens (including phenoxy) is 2. The van der Waals surface area contributed by atoms with Crippen molar-refractivity contribution in [1.29, 1.82) is 0 Å². The van der Waals surface area contributed by atoms with Crippen LogP contribution < -0.4 is 15.4 Å². The molecule has 0 aliphatic carbocycles.